The topological polar surface area (TPSA) is 12.0 Å². The molecule has 1 heteroatoms. The number of hydrogen-bond acceptors (Lipinski definition) is 1. The van der Waals surface area contributed by atoms with E-state index in [1.165, 1.54) is 56.1 Å². The van der Waals surface area contributed by atoms with Gasteiger partial charge in [-0.15, -0.1) is 0 Å². The van der Waals surface area contributed by atoms with Gasteiger partial charge in [0.1, 0.15) is 0 Å². The van der Waals surface area contributed by atoms with Crippen molar-refractivity contribution in [2.24, 2.45) is 5.41 Å². The molecule has 0 aliphatic heterocycles. The summed E-state index contributed by atoms with van der Waals surface area (Å²) >= 11 is 0. The number of aryl methyl sites for hydroxylation is 2. The molecule has 0 amide bonds. The van der Waals surface area contributed by atoms with E-state index in [2.05, 4.69) is 51.2 Å². The van der Waals surface area contributed by atoms with Gasteiger partial charge in [0.05, 0.1) is 0 Å². The van der Waals surface area contributed by atoms with Crippen LogP contribution in [-0.4, -0.2) is 12.6 Å². The summed E-state index contributed by atoms with van der Waals surface area (Å²) in [4.78, 5) is 0. The average molecular weight is 287 g/mol. The summed E-state index contributed by atoms with van der Waals surface area (Å²) in [7, 11) is 0. The molecule has 0 spiro atoms. The summed E-state index contributed by atoms with van der Waals surface area (Å²) in [5, 5.41) is 3.88. The van der Waals surface area contributed by atoms with Gasteiger partial charge >= 0.3 is 0 Å². The molecule has 1 unspecified atom stereocenters. The van der Waals surface area contributed by atoms with Gasteiger partial charge in [-0.25, -0.2) is 0 Å². The molecule has 2 rings (SSSR count). The van der Waals surface area contributed by atoms with Crippen molar-refractivity contribution in [1.29, 1.82) is 0 Å². The minimum atomic E-state index is 0.474. The van der Waals surface area contributed by atoms with Crippen LogP contribution in [0.4, 0.5) is 0 Å². The fraction of sp³-hybridized carbons (Fsp3) is 0.700. The van der Waals surface area contributed by atoms with Gasteiger partial charge in [-0.05, 0) is 68.2 Å². The molecule has 118 valence electrons. The van der Waals surface area contributed by atoms with Gasteiger partial charge in [-0.3, -0.25) is 0 Å². The number of benzene rings is 1. The Balaban J connectivity index is 2.19. The highest BCUT2D eigenvalue weighted by atomic mass is 14.9. The summed E-state index contributed by atoms with van der Waals surface area (Å²) in [5.41, 5.74) is 4.95. The summed E-state index contributed by atoms with van der Waals surface area (Å²) < 4.78 is 0. The Bertz CT molecular complexity index is 423. The highest BCUT2D eigenvalue weighted by Crippen LogP contribution is 2.40. The first-order valence-electron chi connectivity index (χ1n) is 8.85. The first-order valence-corrected chi connectivity index (χ1v) is 8.85. The molecule has 0 bridgehead atoms. The second kappa shape index (κ2) is 7.45. The van der Waals surface area contributed by atoms with E-state index >= 15 is 0 Å². The predicted molar refractivity (Wildman–Crippen MR) is 92.9 cm³/mol. The Morgan fingerprint density at radius 2 is 1.71 bits per heavy atom. The molecule has 0 saturated heterocycles. The maximum absolute atomic E-state index is 3.88. The predicted octanol–water partition coefficient (Wildman–Crippen LogP) is 5.18. The Hall–Kier alpha value is -0.820. The van der Waals surface area contributed by atoms with E-state index in [4.69, 9.17) is 0 Å². The SMILES string of the molecule is CCCNC(Cc1c(C)cccc1C)C1(C)CCCCC1. The summed E-state index contributed by atoms with van der Waals surface area (Å²) in [6.07, 6.45) is 9.44. The quantitative estimate of drug-likeness (QED) is 0.759. The van der Waals surface area contributed by atoms with Crippen LogP contribution in [0, 0.1) is 19.3 Å². The van der Waals surface area contributed by atoms with Gasteiger partial charge in [0.2, 0.25) is 0 Å². The van der Waals surface area contributed by atoms with E-state index in [-0.39, 0.29) is 0 Å². The molecule has 1 fully saturated rings. The van der Waals surface area contributed by atoms with Crippen molar-refractivity contribution >= 4 is 0 Å². The molecule has 1 N–H and O–H groups in total. The van der Waals surface area contributed by atoms with Gasteiger partial charge in [0.15, 0.2) is 0 Å². The standard InChI is InChI=1S/C20H33N/c1-5-14-21-19(20(4)12-7-6-8-13-20)15-18-16(2)10-9-11-17(18)3/h9-11,19,21H,5-8,12-15H2,1-4H3. The van der Waals surface area contributed by atoms with Gasteiger partial charge in [-0.2, -0.15) is 0 Å². The fourth-order valence-electron chi connectivity index (χ4n) is 3.97. The van der Waals surface area contributed by atoms with E-state index in [1.54, 1.807) is 5.56 Å². The summed E-state index contributed by atoms with van der Waals surface area (Å²) in [5.74, 6) is 0. The van der Waals surface area contributed by atoms with E-state index in [0.29, 0.717) is 11.5 Å². The molecule has 1 nitrogen and oxygen atoms in total. The van der Waals surface area contributed by atoms with Gasteiger partial charge in [0.25, 0.3) is 0 Å². The Morgan fingerprint density at radius 3 is 2.29 bits per heavy atom. The number of nitrogens with one attached hydrogen (secondary N) is 1. The minimum absolute atomic E-state index is 0.474. The van der Waals surface area contributed by atoms with E-state index in [0.717, 1.165) is 6.54 Å². The van der Waals surface area contributed by atoms with Crippen LogP contribution >= 0.6 is 0 Å². The van der Waals surface area contributed by atoms with Gasteiger partial charge in [-0.1, -0.05) is 51.3 Å². The lowest BCUT2D eigenvalue weighted by Gasteiger charge is -2.42. The van der Waals surface area contributed by atoms with Crippen molar-refractivity contribution in [2.75, 3.05) is 6.54 Å². The normalized spacial score (nSPS) is 19.4. The molecule has 1 saturated carbocycles. The maximum Gasteiger partial charge on any atom is 0.0161 e. The van der Waals surface area contributed by atoms with Gasteiger partial charge < -0.3 is 5.32 Å². The van der Waals surface area contributed by atoms with Gasteiger partial charge in [0, 0.05) is 6.04 Å². The Morgan fingerprint density at radius 1 is 1.10 bits per heavy atom. The first kappa shape index (κ1) is 16.5. The fourth-order valence-corrected chi connectivity index (χ4v) is 3.97. The monoisotopic (exact) mass is 287 g/mol. The molecular formula is C20H33N. The van der Waals surface area contributed by atoms with Crippen LogP contribution in [0.5, 0.6) is 0 Å². The van der Waals surface area contributed by atoms with Crippen molar-refractivity contribution < 1.29 is 0 Å². The molecule has 1 aliphatic carbocycles. The highest BCUT2D eigenvalue weighted by Gasteiger charge is 2.35. The number of hydrogen-bond donors (Lipinski definition) is 1. The molecule has 0 aromatic heterocycles. The lowest BCUT2D eigenvalue weighted by atomic mass is 9.68. The molecule has 1 atom stereocenters. The van der Waals surface area contributed by atoms with Crippen LogP contribution in [0.3, 0.4) is 0 Å². The second-order valence-corrected chi connectivity index (χ2v) is 7.30. The summed E-state index contributed by atoms with van der Waals surface area (Å²) in [6.45, 7) is 10.5. The first-order chi connectivity index (χ1) is 10.1. The van der Waals surface area contributed by atoms with Crippen molar-refractivity contribution in [3.05, 3.63) is 34.9 Å². The van der Waals surface area contributed by atoms with E-state index in [9.17, 15) is 0 Å². The van der Waals surface area contributed by atoms with Crippen molar-refractivity contribution in [3.8, 4) is 0 Å². The van der Waals surface area contributed by atoms with Crippen LogP contribution in [0.1, 0.15) is 69.1 Å². The zero-order chi connectivity index (χ0) is 15.3. The Labute approximate surface area is 131 Å². The van der Waals surface area contributed by atoms with Crippen molar-refractivity contribution in [1.82, 2.24) is 5.32 Å². The molecule has 0 heterocycles. The highest BCUT2D eigenvalue weighted by molar-refractivity contribution is 5.34. The molecule has 21 heavy (non-hydrogen) atoms. The third kappa shape index (κ3) is 4.10. The lowest BCUT2D eigenvalue weighted by Crippen LogP contribution is -2.46. The average Bonchev–Trinajstić information content (AvgIpc) is 2.46. The van der Waals surface area contributed by atoms with Crippen molar-refractivity contribution in [3.63, 3.8) is 0 Å². The minimum Gasteiger partial charge on any atom is -0.313 e. The molecule has 1 aliphatic rings. The Kier molecular flexibility index (Phi) is 5.87. The third-order valence-electron chi connectivity index (χ3n) is 5.53. The van der Waals surface area contributed by atoms with E-state index < -0.39 is 0 Å². The summed E-state index contributed by atoms with van der Waals surface area (Å²) in [6, 6.07) is 7.34. The maximum atomic E-state index is 3.88. The van der Waals surface area contributed by atoms with Crippen molar-refractivity contribution in [2.45, 2.75) is 78.7 Å². The van der Waals surface area contributed by atoms with Crippen LogP contribution < -0.4 is 5.32 Å². The smallest absolute Gasteiger partial charge is 0.0161 e. The van der Waals surface area contributed by atoms with Crippen LogP contribution in [-0.2, 0) is 6.42 Å². The zero-order valence-electron chi connectivity index (χ0n) is 14.5. The zero-order valence-corrected chi connectivity index (χ0v) is 14.5. The van der Waals surface area contributed by atoms with E-state index in [1.807, 2.05) is 0 Å². The van der Waals surface area contributed by atoms with Crippen LogP contribution in [0.15, 0.2) is 18.2 Å². The lowest BCUT2D eigenvalue weighted by molar-refractivity contribution is 0.143. The molecule has 0 radical (unpaired) electrons. The molecule has 1 aromatic carbocycles. The molecule has 1 aromatic rings. The number of rotatable bonds is 6. The largest absolute Gasteiger partial charge is 0.313 e. The second-order valence-electron chi connectivity index (χ2n) is 7.30. The van der Waals surface area contributed by atoms with Crippen LogP contribution in [0.2, 0.25) is 0 Å². The van der Waals surface area contributed by atoms with Crippen LogP contribution in [0.25, 0.3) is 0 Å². The third-order valence-corrected chi connectivity index (χ3v) is 5.53. The molecular weight excluding hydrogens is 254 g/mol.